The van der Waals surface area contributed by atoms with Crippen LogP contribution in [0.3, 0.4) is 0 Å². The molecule has 6 rings (SSSR count). The average Bonchev–Trinajstić information content (AvgIpc) is 3.64. The highest BCUT2D eigenvalue weighted by molar-refractivity contribution is 7.80. The zero-order valence-electron chi connectivity index (χ0n) is 22.5. The summed E-state index contributed by atoms with van der Waals surface area (Å²) in [5.41, 5.74) is 8.83. The molecule has 9 nitrogen and oxygen atoms in total. The molecule has 1 saturated carbocycles. The Bertz CT molecular complexity index is 1250. The number of hydrogen-bond donors (Lipinski definition) is 3. The van der Waals surface area contributed by atoms with E-state index in [1.807, 2.05) is 66.7 Å². The van der Waals surface area contributed by atoms with E-state index >= 15 is 0 Å². The number of rotatable bonds is 7. The second-order valence-electron chi connectivity index (χ2n) is 9.83. The van der Waals surface area contributed by atoms with Crippen LogP contribution in [0.4, 0.5) is 5.69 Å². The minimum atomic E-state index is -0.481. The highest BCUT2D eigenvalue weighted by atomic mass is 32.1. The van der Waals surface area contributed by atoms with Crippen LogP contribution >= 0.6 is 12.6 Å². The minimum Gasteiger partial charge on any atom is -0.454 e. The van der Waals surface area contributed by atoms with Gasteiger partial charge in [0, 0.05) is 23.7 Å². The Morgan fingerprint density at radius 2 is 1.65 bits per heavy atom. The molecule has 3 aliphatic rings. The molecule has 2 fully saturated rings. The molecular formula is C30H39N3O6S. The maximum atomic E-state index is 13.1. The maximum absolute atomic E-state index is 13.1. The van der Waals surface area contributed by atoms with Gasteiger partial charge in [0.25, 0.3) is 0 Å². The van der Waals surface area contributed by atoms with E-state index in [1.165, 1.54) is 0 Å². The highest BCUT2D eigenvalue weighted by Gasteiger charge is 2.51. The number of morpholine rings is 1. The number of carbonyl (C=O) groups excluding carboxylic acids is 1. The van der Waals surface area contributed by atoms with Gasteiger partial charge in [0.15, 0.2) is 11.5 Å². The van der Waals surface area contributed by atoms with E-state index in [0.717, 1.165) is 91.7 Å². The number of anilines is 1. The zero-order chi connectivity index (χ0) is 26.4. The van der Waals surface area contributed by atoms with Crippen LogP contribution in [0.5, 0.6) is 11.5 Å². The fourth-order valence-electron chi connectivity index (χ4n) is 4.79. The number of benzene rings is 3. The van der Waals surface area contributed by atoms with Gasteiger partial charge in [-0.15, -0.1) is 12.6 Å². The Morgan fingerprint density at radius 1 is 0.925 bits per heavy atom. The predicted octanol–water partition coefficient (Wildman–Crippen LogP) is 3.06. The molecule has 0 spiro atoms. The van der Waals surface area contributed by atoms with Crippen LogP contribution < -0.4 is 20.5 Å². The Kier molecular flexibility index (Phi) is 11.4. The number of ether oxygens (including phenoxy) is 3. The smallest absolute Gasteiger partial charge is 0.235 e. The summed E-state index contributed by atoms with van der Waals surface area (Å²) in [6.45, 7) is 6.13. The Labute approximate surface area is 240 Å². The number of nitrogens with one attached hydrogen (secondary N) is 1. The van der Waals surface area contributed by atoms with Crippen LogP contribution in [-0.4, -0.2) is 67.9 Å². The third kappa shape index (κ3) is 7.54. The molecular weight excluding hydrogens is 530 g/mol. The van der Waals surface area contributed by atoms with Crippen molar-refractivity contribution < 1.29 is 30.0 Å². The number of hydrogen-bond acceptors (Lipinski definition) is 7. The van der Waals surface area contributed by atoms with Gasteiger partial charge in [0.05, 0.1) is 18.6 Å². The van der Waals surface area contributed by atoms with E-state index in [4.69, 9.17) is 19.9 Å². The zero-order valence-corrected chi connectivity index (χ0v) is 23.4. The van der Waals surface area contributed by atoms with Gasteiger partial charge in [-0.05, 0) is 85.4 Å². The lowest BCUT2D eigenvalue weighted by molar-refractivity contribution is -0.118. The molecule has 0 aromatic heterocycles. The minimum absolute atomic E-state index is 0. The molecule has 0 radical (unpaired) electrons. The van der Waals surface area contributed by atoms with Crippen molar-refractivity contribution in [2.75, 3.05) is 51.5 Å². The third-order valence-electron chi connectivity index (χ3n) is 7.21. The van der Waals surface area contributed by atoms with E-state index in [-0.39, 0.29) is 23.7 Å². The predicted molar refractivity (Wildman–Crippen MR) is 159 cm³/mol. The lowest BCUT2D eigenvalue weighted by Crippen LogP contribution is -2.37. The summed E-state index contributed by atoms with van der Waals surface area (Å²) < 4.78 is 16.1. The van der Waals surface area contributed by atoms with Crippen LogP contribution in [0.1, 0.15) is 24.8 Å². The first-order valence-corrected chi connectivity index (χ1v) is 13.6. The van der Waals surface area contributed by atoms with Gasteiger partial charge in [-0.25, -0.2) is 0 Å². The Morgan fingerprint density at radius 3 is 2.35 bits per heavy atom. The molecule has 7 N–H and O–H groups in total. The standard InChI is InChI=1S/C23H19NO3S.C7H16N2O.2H2O/c25-22(23(10-11-23)17-6-9-20-21(13-17)27-14-26-20)24-18-3-1-2-16(12-18)15-4-7-19(28)8-5-15;8-2-1-3-9-4-6-10-7-5-9;;/h1-9,12-13,28H,10-11,14H2,(H,24,25);1-8H2;2*1H2. The average molecular weight is 570 g/mol. The topological polar surface area (TPSA) is 149 Å². The molecule has 0 unspecified atom stereocenters. The Hall–Kier alpha value is -3.12. The molecule has 0 atom stereocenters. The van der Waals surface area contributed by atoms with Gasteiger partial charge in [-0.1, -0.05) is 30.3 Å². The molecule has 40 heavy (non-hydrogen) atoms. The monoisotopic (exact) mass is 569 g/mol. The summed E-state index contributed by atoms with van der Waals surface area (Å²) in [6.07, 6.45) is 2.78. The van der Waals surface area contributed by atoms with Crippen molar-refractivity contribution in [3.63, 3.8) is 0 Å². The SMILES string of the molecule is NCCCN1CCOCC1.O.O.O=C(Nc1cccc(-c2ccc(S)cc2)c1)C1(c2ccc3c(c2)OCO3)CC1. The largest absolute Gasteiger partial charge is 0.454 e. The van der Waals surface area contributed by atoms with Crippen LogP contribution in [0.15, 0.2) is 71.6 Å². The molecule has 3 aromatic rings. The number of nitrogens with two attached hydrogens (primary N) is 1. The summed E-state index contributed by atoms with van der Waals surface area (Å²) in [4.78, 5) is 16.4. The number of amides is 1. The normalized spacial score (nSPS) is 16.4. The fourth-order valence-corrected chi connectivity index (χ4v) is 4.94. The van der Waals surface area contributed by atoms with Crippen LogP contribution in [-0.2, 0) is 14.9 Å². The second kappa shape index (κ2) is 14.5. The van der Waals surface area contributed by atoms with Gasteiger partial charge in [0.2, 0.25) is 12.7 Å². The van der Waals surface area contributed by atoms with Crippen LogP contribution in [0, 0.1) is 0 Å². The molecule has 1 saturated heterocycles. The van der Waals surface area contributed by atoms with Gasteiger partial charge >= 0.3 is 0 Å². The highest BCUT2D eigenvalue weighted by Crippen LogP contribution is 2.51. The van der Waals surface area contributed by atoms with Gasteiger partial charge in [-0.2, -0.15) is 0 Å². The molecule has 0 bridgehead atoms. The molecule has 3 aromatic carbocycles. The summed E-state index contributed by atoms with van der Waals surface area (Å²) in [5, 5.41) is 3.11. The van der Waals surface area contributed by atoms with Gasteiger partial charge in [-0.3, -0.25) is 9.69 Å². The quantitative estimate of drug-likeness (QED) is 0.373. The van der Waals surface area contributed by atoms with Crippen molar-refractivity contribution in [3.8, 4) is 22.6 Å². The summed E-state index contributed by atoms with van der Waals surface area (Å²) in [6, 6.07) is 21.7. The van der Waals surface area contributed by atoms with E-state index < -0.39 is 5.41 Å². The summed E-state index contributed by atoms with van der Waals surface area (Å²) >= 11 is 4.33. The molecule has 10 heteroatoms. The van der Waals surface area contributed by atoms with Gasteiger partial charge < -0.3 is 36.2 Å². The van der Waals surface area contributed by atoms with E-state index in [9.17, 15) is 4.79 Å². The first-order valence-electron chi connectivity index (χ1n) is 13.2. The van der Waals surface area contributed by atoms with Crippen LogP contribution in [0.25, 0.3) is 11.1 Å². The van der Waals surface area contributed by atoms with E-state index in [0.29, 0.717) is 5.75 Å². The third-order valence-corrected chi connectivity index (χ3v) is 7.51. The molecule has 2 heterocycles. The Balaban J connectivity index is 0.000000315. The lowest BCUT2D eigenvalue weighted by atomic mass is 9.94. The molecule has 2 aliphatic heterocycles. The number of fused-ring (bicyclic) bond motifs is 1. The molecule has 216 valence electrons. The number of carbonyl (C=O) groups is 1. The summed E-state index contributed by atoms with van der Waals surface area (Å²) in [7, 11) is 0. The van der Waals surface area contributed by atoms with E-state index in [1.54, 1.807) is 0 Å². The first-order chi connectivity index (χ1) is 18.6. The van der Waals surface area contributed by atoms with Crippen LogP contribution in [0.2, 0.25) is 0 Å². The van der Waals surface area contributed by atoms with Crippen molar-refractivity contribution in [1.29, 1.82) is 0 Å². The van der Waals surface area contributed by atoms with E-state index in [2.05, 4.69) is 22.8 Å². The number of nitrogens with zero attached hydrogens (tertiary/aromatic N) is 1. The molecule has 1 amide bonds. The van der Waals surface area contributed by atoms with Crippen molar-refractivity contribution in [2.45, 2.75) is 29.6 Å². The molecule has 1 aliphatic carbocycles. The van der Waals surface area contributed by atoms with Gasteiger partial charge in [0.1, 0.15) is 0 Å². The number of thiol groups is 1. The summed E-state index contributed by atoms with van der Waals surface area (Å²) in [5.74, 6) is 1.47. The first kappa shape index (κ1) is 31.4. The van der Waals surface area contributed by atoms with Crippen molar-refractivity contribution >= 4 is 24.2 Å². The second-order valence-corrected chi connectivity index (χ2v) is 10.3. The van der Waals surface area contributed by atoms with Crippen molar-refractivity contribution in [3.05, 3.63) is 72.3 Å². The van der Waals surface area contributed by atoms with Crippen molar-refractivity contribution in [1.82, 2.24) is 4.90 Å². The lowest BCUT2D eigenvalue weighted by Gasteiger charge is -2.26. The van der Waals surface area contributed by atoms with Crippen molar-refractivity contribution in [2.24, 2.45) is 5.73 Å². The maximum Gasteiger partial charge on any atom is 0.235 e. The fraction of sp³-hybridized carbons (Fsp3) is 0.367.